The number of benzene rings is 1. The van der Waals surface area contributed by atoms with Crippen LogP contribution in [0.5, 0.6) is 0 Å². The third-order valence-corrected chi connectivity index (χ3v) is 2.52. The summed E-state index contributed by atoms with van der Waals surface area (Å²) in [5.74, 6) is 0. The Morgan fingerprint density at radius 3 is 2.10 bits per heavy atom. The van der Waals surface area contributed by atoms with E-state index >= 15 is 0 Å². The van der Waals surface area contributed by atoms with Crippen LogP contribution in [0, 0.1) is 6.92 Å². The molecule has 0 saturated carbocycles. The van der Waals surface area contributed by atoms with Crippen LogP contribution < -0.4 is 0 Å². The quantitative estimate of drug-likeness (QED) is 0.696. The van der Waals surface area contributed by atoms with Crippen LogP contribution in [0.3, 0.4) is 0 Å². The molecule has 0 aliphatic rings. The van der Waals surface area contributed by atoms with Crippen molar-refractivity contribution in [3.63, 3.8) is 0 Å². The van der Waals surface area contributed by atoms with E-state index in [1.807, 2.05) is 0 Å². The molecule has 0 fully saturated rings. The average Bonchev–Trinajstić information content (AvgIpc) is 1.88. The molecule has 0 amide bonds. The molecular formula is C9H10Hf+2. The van der Waals surface area contributed by atoms with Crippen LogP contribution in [-0.2, 0) is 23.9 Å². The molecule has 1 aromatic rings. The van der Waals surface area contributed by atoms with Crippen molar-refractivity contribution in [2.45, 2.75) is 13.8 Å². The summed E-state index contributed by atoms with van der Waals surface area (Å²) in [5.41, 5.74) is 2.74. The second kappa shape index (κ2) is 3.38. The van der Waals surface area contributed by atoms with E-state index in [-0.39, 0.29) is 0 Å². The molecule has 48 valence electrons. The summed E-state index contributed by atoms with van der Waals surface area (Å²) in [6.07, 6.45) is 0. The van der Waals surface area contributed by atoms with Gasteiger partial charge in [0.05, 0.1) is 0 Å². The predicted octanol–water partition coefficient (Wildman–Crippen LogP) is 2.08. The zero-order chi connectivity index (χ0) is 7.56. The van der Waals surface area contributed by atoms with Gasteiger partial charge in [-0.3, -0.25) is 0 Å². The van der Waals surface area contributed by atoms with Gasteiger partial charge >= 0.3 is 76.4 Å². The van der Waals surface area contributed by atoms with E-state index in [9.17, 15) is 0 Å². The van der Waals surface area contributed by atoms with E-state index in [4.69, 9.17) is 0 Å². The molecule has 0 unspecified atom stereocenters. The zero-order valence-electron chi connectivity index (χ0n) is 6.31. The number of hydrogen-bond acceptors (Lipinski definition) is 0. The molecule has 0 atom stereocenters. The minimum absolute atomic E-state index is 1.17. The van der Waals surface area contributed by atoms with Gasteiger partial charge in [0.2, 0.25) is 0 Å². The summed E-state index contributed by atoms with van der Waals surface area (Å²) in [6.45, 7) is 4.31. The summed E-state index contributed by atoms with van der Waals surface area (Å²) in [4.78, 5) is 0. The van der Waals surface area contributed by atoms with Crippen molar-refractivity contribution < 1.29 is 23.9 Å². The van der Waals surface area contributed by atoms with Crippen molar-refractivity contribution in [3.05, 3.63) is 35.4 Å². The topological polar surface area (TPSA) is 0 Å². The summed E-state index contributed by atoms with van der Waals surface area (Å²) >= 11 is 1.17. The Kier molecular flexibility index (Phi) is 2.72. The van der Waals surface area contributed by atoms with Crippen molar-refractivity contribution in [3.8, 4) is 0 Å². The second-order valence-corrected chi connectivity index (χ2v) is 5.19. The normalized spacial score (nSPS) is 9.60. The molecular weight excluding hydrogens is 287 g/mol. The molecule has 0 aromatic heterocycles. The molecule has 1 rings (SSSR count). The van der Waals surface area contributed by atoms with Crippen LogP contribution in [0.1, 0.15) is 18.1 Å². The first-order chi connectivity index (χ1) is 4.70. The molecule has 0 bridgehead atoms. The first-order valence-electron chi connectivity index (χ1n) is 3.32. The first-order valence-corrected chi connectivity index (χ1v) is 5.12. The van der Waals surface area contributed by atoms with Gasteiger partial charge in [-0.15, -0.1) is 0 Å². The molecule has 1 aromatic carbocycles. The van der Waals surface area contributed by atoms with Gasteiger partial charge < -0.3 is 0 Å². The van der Waals surface area contributed by atoms with Crippen LogP contribution >= 0.6 is 0 Å². The minimum atomic E-state index is 1.17. The molecule has 0 saturated heterocycles. The molecule has 0 N–H and O–H groups in total. The zero-order valence-corrected chi connectivity index (χ0v) is 9.90. The van der Waals surface area contributed by atoms with E-state index in [2.05, 4.69) is 38.1 Å². The van der Waals surface area contributed by atoms with Crippen molar-refractivity contribution in [2.24, 2.45) is 0 Å². The summed E-state index contributed by atoms with van der Waals surface area (Å²) in [6, 6.07) is 8.71. The van der Waals surface area contributed by atoms with Crippen molar-refractivity contribution in [1.29, 1.82) is 0 Å². The molecule has 0 nitrogen and oxygen atoms in total. The average molecular weight is 297 g/mol. The Morgan fingerprint density at radius 2 is 1.70 bits per heavy atom. The predicted molar refractivity (Wildman–Crippen MR) is 41.0 cm³/mol. The number of aryl methyl sites for hydroxylation is 1. The van der Waals surface area contributed by atoms with E-state index < -0.39 is 0 Å². The Morgan fingerprint density at radius 1 is 1.20 bits per heavy atom. The van der Waals surface area contributed by atoms with Gasteiger partial charge in [0.1, 0.15) is 0 Å². The van der Waals surface area contributed by atoms with Crippen molar-refractivity contribution in [2.75, 3.05) is 0 Å². The Balaban J connectivity index is 3.00. The number of rotatable bonds is 1. The fourth-order valence-electron chi connectivity index (χ4n) is 0.804. The van der Waals surface area contributed by atoms with Gasteiger partial charge in [0.15, 0.2) is 0 Å². The maximum absolute atomic E-state index is 2.19. The fourth-order valence-corrected chi connectivity index (χ4v) is 1.40. The molecule has 0 heterocycles. The van der Waals surface area contributed by atoms with Crippen LogP contribution in [0.4, 0.5) is 0 Å². The van der Waals surface area contributed by atoms with E-state index in [1.54, 1.807) is 0 Å². The Labute approximate surface area is 76.3 Å². The van der Waals surface area contributed by atoms with Crippen LogP contribution in [-0.4, -0.2) is 3.26 Å². The summed E-state index contributed by atoms with van der Waals surface area (Å²) in [5, 5.41) is 0. The third kappa shape index (κ3) is 1.98. The van der Waals surface area contributed by atoms with E-state index in [0.29, 0.717) is 0 Å². The van der Waals surface area contributed by atoms with Gasteiger partial charge in [-0.25, -0.2) is 0 Å². The van der Waals surface area contributed by atoms with Gasteiger partial charge in [0, 0.05) is 0 Å². The first kappa shape index (κ1) is 8.06. The Hall–Kier alpha value is -0.0399. The second-order valence-electron chi connectivity index (χ2n) is 2.49. The molecule has 0 aliphatic carbocycles. The van der Waals surface area contributed by atoms with Crippen LogP contribution in [0.2, 0.25) is 0 Å². The SMILES string of the molecule is C[C](=[Hf+2])c1ccc(C)cc1. The van der Waals surface area contributed by atoms with Gasteiger partial charge in [0.25, 0.3) is 0 Å². The summed E-state index contributed by atoms with van der Waals surface area (Å²) < 4.78 is 1.51. The molecule has 1 heteroatoms. The molecule has 0 radical (unpaired) electrons. The van der Waals surface area contributed by atoms with Crippen LogP contribution in [0.15, 0.2) is 24.3 Å². The van der Waals surface area contributed by atoms with Crippen molar-refractivity contribution >= 4 is 3.26 Å². The third-order valence-electron chi connectivity index (χ3n) is 1.48. The monoisotopic (exact) mass is 298 g/mol. The van der Waals surface area contributed by atoms with Gasteiger partial charge in [-0.1, -0.05) is 0 Å². The molecule has 10 heavy (non-hydrogen) atoms. The van der Waals surface area contributed by atoms with Gasteiger partial charge in [-0.2, -0.15) is 0 Å². The van der Waals surface area contributed by atoms with E-state index in [0.717, 1.165) is 0 Å². The van der Waals surface area contributed by atoms with Crippen molar-refractivity contribution in [1.82, 2.24) is 0 Å². The maximum atomic E-state index is 2.19. The fraction of sp³-hybridized carbons (Fsp3) is 0.222. The molecule has 0 spiro atoms. The van der Waals surface area contributed by atoms with Gasteiger partial charge in [-0.05, 0) is 0 Å². The Bertz CT molecular complexity index is 233. The summed E-state index contributed by atoms with van der Waals surface area (Å²) in [7, 11) is 0. The molecule has 0 aliphatic heterocycles. The van der Waals surface area contributed by atoms with Crippen LogP contribution in [0.25, 0.3) is 0 Å². The van der Waals surface area contributed by atoms with E-state index in [1.165, 1.54) is 38.3 Å². The number of hydrogen-bond donors (Lipinski definition) is 0. The standard InChI is InChI=1S/C9H10.Hf/c1-3-9-6-4-8(2)5-7-9;/h4-7H,1-2H3;/q;+2.